The van der Waals surface area contributed by atoms with E-state index in [1.165, 1.54) is 7.11 Å². The molecule has 0 aliphatic heterocycles. The number of nitrogens with one attached hydrogen (secondary N) is 1. The van der Waals surface area contributed by atoms with Crippen molar-refractivity contribution in [1.29, 1.82) is 0 Å². The van der Waals surface area contributed by atoms with E-state index in [4.69, 9.17) is 22.1 Å². The van der Waals surface area contributed by atoms with E-state index in [2.05, 4.69) is 5.32 Å². The minimum atomic E-state index is -0.172. The molecule has 0 saturated heterocycles. The van der Waals surface area contributed by atoms with Gasteiger partial charge in [-0.05, 0) is 25.5 Å². The van der Waals surface area contributed by atoms with Crippen LogP contribution < -0.4 is 15.8 Å². The fraction of sp³-hybridized carbons (Fsp3) is 0.417. The predicted molar refractivity (Wildman–Crippen MR) is 76.9 cm³/mol. The maximum absolute atomic E-state index is 11.6. The maximum atomic E-state index is 11.6. The number of anilines is 1. The Labute approximate surface area is 118 Å². The van der Waals surface area contributed by atoms with E-state index in [0.717, 1.165) is 5.56 Å². The molecule has 6 heteroatoms. The molecule has 0 saturated carbocycles. The predicted octanol–water partition coefficient (Wildman–Crippen LogP) is 2.75. The summed E-state index contributed by atoms with van der Waals surface area (Å²) in [6.07, 6.45) is 0.269. The third-order valence-electron chi connectivity index (χ3n) is 2.26. The van der Waals surface area contributed by atoms with Crippen LogP contribution in [0.2, 0.25) is 5.02 Å². The molecule has 0 bridgehead atoms. The number of carbonyl (C=O) groups excluding carboxylic acids is 1. The maximum Gasteiger partial charge on any atom is 0.226 e. The van der Waals surface area contributed by atoms with Crippen molar-refractivity contribution < 1.29 is 9.53 Å². The fourth-order valence-corrected chi connectivity index (χ4v) is 1.58. The van der Waals surface area contributed by atoms with Crippen molar-refractivity contribution in [3.63, 3.8) is 0 Å². The summed E-state index contributed by atoms with van der Waals surface area (Å²) in [7, 11) is 1.53. The van der Waals surface area contributed by atoms with Crippen LogP contribution in [0.4, 0.5) is 5.69 Å². The lowest BCUT2D eigenvalue weighted by Crippen LogP contribution is -2.24. The molecule has 1 amide bonds. The first-order valence-electron chi connectivity index (χ1n) is 5.33. The number of carbonyl (C=O) groups is 1. The van der Waals surface area contributed by atoms with E-state index in [9.17, 15) is 4.79 Å². The number of hydrogen-bond donors (Lipinski definition) is 2. The minimum absolute atomic E-state index is 0. The Morgan fingerprint density at radius 1 is 1.56 bits per heavy atom. The summed E-state index contributed by atoms with van der Waals surface area (Å²) in [6.45, 7) is 3.65. The lowest BCUT2D eigenvalue weighted by atomic mass is 10.2. The normalized spacial score (nSPS) is 11.4. The number of nitrogens with two attached hydrogens (primary N) is 1. The van der Waals surface area contributed by atoms with Gasteiger partial charge in [0.05, 0.1) is 12.8 Å². The highest BCUT2D eigenvalue weighted by Crippen LogP contribution is 2.30. The van der Waals surface area contributed by atoms with Gasteiger partial charge in [0.25, 0.3) is 0 Å². The van der Waals surface area contributed by atoms with Crippen molar-refractivity contribution >= 4 is 35.6 Å². The summed E-state index contributed by atoms with van der Waals surface area (Å²) in [5.41, 5.74) is 7.05. The fourth-order valence-electron chi connectivity index (χ4n) is 1.42. The lowest BCUT2D eigenvalue weighted by Gasteiger charge is -2.13. The van der Waals surface area contributed by atoms with Gasteiger partial charge in [0.15, 0.2) is 0 Å². The number of hydrogen-bond acceptors (Lipinski definition) is 3. The number of aryl methyl sites for hydroxylation is 1. The second-order valence-corrected chi connectivity index (χ2v) is 4.44. The molecule has 102 valence electrons. The van der Waals surface area contributed by atoms with Crippen molar-refractivity contribution in [2.75, 3.05) is 12.4 Å². The number of rotatable bonds is 4. The van der Waals surface area contributed by atoms with E-state index >= 15 is 0 Å². The van der Waals surface area contributed by atoms with E-state index in [1.54, 1.807) is 19.1 Å². The van der Waals surface area contributed by atoms with Crippen LogP contribution in [-0.2, 0) is 4.79 Å². The Hall–Kier alpha value is -0.970. The first-order valence-corrected chi connectivity index (χ1v) is 5.71. The zero-order valence-corrected chi connectivity index (χ0v) is 12.2. The van der Waals surface area contributed by atoms with Gasteiger partial charge >= 0.3 is 0 Å². The van der Waals surface area contributed by atoms with Gasteiger partial charge in [-0.15, -0.1) is 12.4 Å². The highest BCUT2D eigenvalue weighted by atomic mass is 35.5. The summed E-state index contributed by atoms with van der Waals surface area (Å²) in [5.74, 6) is 0.402. The van der Waals surface area contributed by atoms with Crippen LogP contribution in [0.3, 0.4) is 0 Å². The van der Waals surface area contributed by atoms with Gasteiger partial charge in [0.2, 0.25) is 5.91 Å². The Bertz CT molecular complexity index is 423. The highest BCUT2D eigenvalue weighted by Gasteiger charge is 2.11. The molecule has 18 heavy (non-hydrogen) atoms. The standard InChI is InChI=1S/C12H17ClN2O2.ClH/c1-7-4-10(11(17-3)6-9(7)13)15-12(16)5-8(2)14;/h4,6,8H,5,14H2,1-3H3,(H,15,16);1H. The largest absolute Gasteiger partial charge is 0.495 e. The number of halogens is 2. The van der Waals surface area contributed by atoms with Crippen LogP contribution in [-0.4, -0.2) is 19.1 Å². The molecular weight excluding hydrogens is 275 g/mol. The number of ether oxygens (including phenoxy) is 1. The molecule has 0 spiro atoms. The van der Waals surface area contributed by atoms with Crippen LogP contribution in [0.25, 0.3) is 0 Å². The van der Waals surface area contributed by atoms with E-state index in [1.807, 2.05) is 6.92 Å². The van der Waals surface area contributed by atoms with Gasteiger partial charge in [0.1, 0.15) is 5.75 Å². The van der Waals surface area contributed by atoms with Crippen molar-refractivity contribution in [2.45, 2.75) is 26.3 Å². The van der Waals surface area contributed by atoms with Crippen LogP contribution >= 0.6 is 24.0 Å². The smallest absolute Gasteiger partial charge is 0.226 e. The number of methoxy groups -OCH3 is 1. The van der Waals surface area contributed by atoms with Gasteiger partial charge in [-0.2, -0.15) is 0 Å². The molecule has 3 N–H and O–H groups in total. The molecule has 4 nitrogen and oxygen atoms in total. The van der Waals surface area contributed by atoms with Gasteiger partial charge in [0, 0.05) is 23.6 Å². The second kappa shape index (κ2) is 7.46. The zero-order chi connectivity index (χ0) is 13.0. The topological polar surface area (TPSA) is 64.3 Å². The van der Waals surface area contributed by atoms with Crippen LogP contribution in [0, 0.1) is 6.92 Å². The SMILES string of the molecule is COc1cc(Cl)c(C)cc1NC(=O)CC(C)N.Cl. The van der Waals surface area contributed by atoms with Crippen molar-refractivity contribution in [3.8, 4) is 5.75 Å². The van der Waals surface area contributed by atoms with Crippen molar-refractivity contribution in [3.05, 3.63) is 22.7 Å². The van der Waals surface area contributed by atoms with Crippen molar-refractivity contribution in [1.82, 2.24) is 0 Å². The molecule has 0 heterocycles. The highest BCUT2D eigenvalue weighted by molar-refractivity contribution is 6.31. The number of benzene rings is 1. The summed E-state index contributed by atoms with van der Waals surface area (Å²) >= 11 is 5.97. The van der Waals surface area contributed by atoms with Gasteiger partial charge in [-0.1, -0.05) is 11.6 Å². The first kappa shape index (κ1) is 17.0. The summed E-state index contributed by atoms with van der Waals surface area (Å²) in [5, 5.41) is 3.36. The molecule has 1 rings (SSSR count). The van der Waals surface area contributed by atoms with E-state index in [-0.39, 0.29) is 30.8 Å². The van der Waals surface area contributed by atoms with Gasteiger partial charge < -0.3 is 15.8 Å². The zero-order valence-electron chi connectivity index (χ0n) is 10.6. The molecule has 0 aromatic heterocycles. The first-order chi connectivity index (χ1) is 7.93. The van der Waals surface area contributed by atoms with Crippen molar-refractivity contribution in [2.24, 2.45) is 5.73 Å². The van der Waals surface area contributed by atoms with E-state index < -0.39 is 0 Å². The lowest BCUT2D eigenvalue weighted by molar-refractivity contribution is -0.116. The van der Waals surface area contributed by atoms with Gasteiger partial charge in [-0.3, -0.25) is 4.79 Å². The molecule has 0 radical (unpaired) electrons. The van der Waals surface area contributed by atoms with Crippen LogP contribution in [0.15, 0.2) is 12.1 Å². The third-order valence-corrected chi connectivity index (χ3v) is 2.67. The Morgan fingerprint density at radius 2 is 2.17 bits per heavy atom. The number of amides is 1. The average Bonchev–Trinajstić information content (AvgIpc) is 2.21. The molecule has 1 unspecified atom stereocenters. The molecule has 1 aromatic rings. The minimum Gasteiger partial charge on any atom is -0.495 e. The third kappa shape index (κ3) is 4.72. The molecule has 0 fully saturated rings. The molecule has 0 aliphatic carbocycles. The Morgan fingerprint density at radius 3 is 2.67 bits per heavy atom. The van der Waals surface area contributed by atoms with Crippen LogP contribution in [0.5, 0.6) is 5.75 Å². The monoisotopic (exact) mass is 292 g/mol. The van der Waals surface area contributed by atoms with Crippen LogP contribution in [0.1, 0.15) is 18.9 Å². The Kier molecular flexibility index (Phi) is 7.06. The summed E-state index contributed by atoms with van der Waals surface area (Å²) in [6, 6.07) is 3.29. The Balaban J connectivity index is 0.00000289. The summed E-state index contributed by atoms with van der Waals surface area (Å²) in [4.78, 5) is 11.6. The molecule has 0 aliphatic rings. The van der Waals surface area contributed by atoms with E-state index in [0.29, 0.717) is 16.5 Å². The quantitative estimate of drug-likeness (QED) is 0.897. The molecule has 1 atom stereocenters. The molecule has 1 aromatic carbocycles. The van der Waals surface area contributed by atoms with Gasteiger partial charge in [-0.25, -0.2) is 0 Å². The molecular formula is C12H18Cl2N2O2. The second-order valence-electron chi connectivity index (χ2n) is 4.03. The average molecular weight is 293 g/mol. The summed E-state index contributed by atoms with van der Waals surface area (Å²) < 4.78 is 5.16.